The fraction of sp³-hybridized carbons (Fsp3) is 0.333. The summed E-state index contributed by atoms with van der Waals surface area (Å²) in [5, 5.41) is 2.91. The van der Waals surface area contributed by atoms with E-state index in [1.807, 2.05) is 12.3 Å². The second-order valence-electron chi connectivity index (χ2n) is 4.21. The summed E-state index contributed by atoms with van der Waals surface area (Å²) < 4.78 is 26.5. The fourth-order valence-electron chi connectivity index (χ4n) is 1.60. The Balaban J connectivity index is 1.96. The van der Waals surface area contributed by atoms with Crippen LogP contribution in [-0.4, -0.2) is 24.9 Å². The first-order chi connectivity index (χ1) is 9.51. The first kappa shape index (κ1) is 15.0. The molecule has 2 aromatic rings. The normalized spacial score (nSPS) is 11.7. The number of nitrogens with two attached hydrogens (primary N) is 1. The Bertz CT molecular complexity index is 665. The molecule has 0 amide bonds. The summed E-state index contributed by atoms with van der Waals surface area (Å²) >= 11 is 1.55. The number of aryl methyl sites for hydroxylation is 1. The molecule has 0 fully saturated rings. The van der Waals surface area contributed by atoms with Gasteiger partial charge in [-0.3, -0.25) is 0 Å². The lowest BCUT2D eigenvalue weighted by molar-refractivity contribution is 0.577. The standard InChI is InChI=1S/C12H16N4O2S2/c1-9-16-11(8-19-9)4-5-15-20(17,18)12-3-2-10(6-13)7-14-12/h2-3,7-8,15H,4-6,13H2,1H3. The third kappa shape index (κ3) is 3.83. The summed E-state index contributed by atoms with van der Waals surface area (Å²) in [6, 6.07) is 3.11. The summed E-state index contributed by atoms with van der Waals surface area (Å²) in [7, 11) is -3.57. The first-order valence-corrected chi connectivity index (χ1v) is 8.43. The van der Waals surface area contributed by atoms with Crippen LogP contribution < -0.4 is 10.5 Å². The van der Waals surface area contributed by atoms with E-state index in [1.165, 1.54) is 12.3 Å². The fourth-order valence-corrected chi connectivity index (χ4v) is 3.21. The Morgan fingerprint density at radius 2 is 2.20 bits per heavy atom. The Morgan fingerprint density at radius 1 is 1.40 bits per heavy atom. The molecule has 6 nitrogen and oxygen atoms in total. The van der Waals surface area contributed by atoms with Crippen LogP contribution in [0.2, 0.25) is 0 Å². The molecule has 0 aromatic carbocycles. The van der Waals surface area contributed by atoms with Crippen molar-refractivity contribution >= 4 is 21.4 Å². The van der Waals surface area contributed by atoms with Crippen LogP contribution in [0.4, 0.5) is 0 Å². The van der Waals surface area contributed by atoms with Gasteiger partial charge in [-0.2, -0.15) is 0 Å². The monoisotopic (exact) mass is 312 g/mol. The van der Waals surface area contributed by atoms with Crippen LogP contribution in [0.3, 0.4) is 0 Å². The van der Waals surface area contributed by atoms with Crippen molar-refractivity contribution in [2.45, 2.75) is 24.9 Å². The number of nitrogens with one attached hydrogen (secondary N) is 1. The van der Waals surface area contributed by atoms with Gasteiger partial charge in [0.2, 0.25) is 0 Å². The van der Waals surface area contributed by atoms with Gasteiger partial charge in [0.05, 0.1) is 10.7 Å². The lowest BCUT2D eigenvalue weighted by Crippen LogP contribution is -2.26. The highest BCUT2D eigenvalue weighted by molar-refractivity contribution is 7.89. The number of pyridine rings is 1. The Labute approximate surface area is 122 Å². The van der Waals surface area contributed by atoms with Crippen molar-refractivity contribution in [3.63, 3.8) is 0 Å². The molecule has 0 unspecified atom stereocenters. The Kier molecular flexibility index (Phi) is 4.81. The van der Waals surface area contributed by atoms with E-state index in [9.17, 15) is 8.42 Å². The second kappa shape index (κ2) is 6.40. The van der Waals surface area contributed by atoms with Gasteiger partial charge in [-0.25, -0.2) is 23.1 Å². The molecule has 2 rings (SSSR count). The van der Waals surface area contributed by atoms with E-state index in [0.29, 0.717) is 19.5 Å². The molecule has 0 spiro atoms. The maximum absolute atomic E-state index is 12.0. The van der Waals surface area contributed by atoms with Crippen molar-refractivity contribution in [3.8, 4) is 0 Å². The summed E-state index contributed by atoms with van der Waals surface area (Å²) in [4.78, 5) is 8.19. The van der Waals surface area contributed by atoms with Crippen molar-refractivity contribution in [3.05, 3.63) is 40.0 Å². The Morgan fingerprint density at radius 3 is 2.75 bits per heavy atom. The minimum absolute atomic E-state index is 0.00385. The van der Waals surface area contributed by atoms with Crippen molar-refractivity contribution < 1.29 is 8.42 Å². The minimum Gasteiger partial charge on any atom is -0.326 e. The number of sulfonamides is 1. The highest BCUT2D eigenvalue weighted by Crippen LogP contribution is 2.09. The highest BCUT2D eigenvalue weighted by Gasteiger charge is 2.14. The average Bonchev–Trinajstić information content (AvgIpc) is 2.84. The van der Waals surface area contributed by atoms with E-state index in [0.717, 1.165) is 16.3 Å². The second-order valence-corrected chi connectivity index (χ2v) is 6.99. The van der Waals surface area contributed by atoms with Gasteiger partial charge < -0.3 is 5.73 Å². The van der Waals surface area contributed by atoms with Gasteiger partial charge in [-0.05, 0) is 18.6 Å². The van der Waals surface area contributed by atoms with Crippen LogP contribution in [0.1, 0.15) is 16.3 Å². The molecular formula is C12H16N4O2S2. The topological polar surface area (TPSA) is 98.0 Å². The molecule has 2 heterocycles. The molecular weight excluding hydrogens is 296 g/mol. The molecule has 0 atom stereocenters. The van der Waals surface area contributed by atoms with Gasteiger partial charge in [-0.15, -0.1) is 11.3 Å². The van der Waals surface area contributed by atoms with Crippen LogP contribution in [0.25, 0.3) is 0 Å². The van der Waals surface area contributed by atoms with Gasteiger partial charge in [0.15, 0.2) is 5.03 Å². The lowest BCUT2D eigenvalue weighted by Gasteiger charge is -2.05. The van der Waals surface area contributed by atoms with Crippen molar-refractivity contribution in [1.82, 2.24) is 14.7 Å². The van der Waals surface area contributed by atoms with Crippen LogP contribution in [0.5, 0.6) is 0 Å². The number of thiazole rings is 1. The molecule has 3 N–H and O–H groups in total. The molecule has 0 bridgehead atoms. The van der Waals surface area contributed by atoms with Crippen LogP contribution in [-0.2, 0) is 23.0 Å². The number of rotatable bonds is 6. The van der Waals surface area contributed by atoms with E-state index in [-0.39, 0.29) is 5.03 Å². The van der Waals surface area contributed by atoms with Gasteiger partial charge in [0, 0.05) is 31.1 Å². The van der Waals surface area contributed by atoms with Gasteiger partial charge in [0.25, 0.3) is 10.0 Å². The van der Waals surface area contributed by atoms with E-state index in [2.05, 4.69) is 14.7 Å². The SMILES string of the molecule is Cc1nc(CCNS(=O)(=O)c2ccc(CN)cn2)cs1. The molecule has 0 aliphatic rings. The number of hydrogen-bond donors (Lipinski definition) is 2. The van der Waals surface area contributed by atoms with Crippen LogP contribution in [0, 0.1) is 6.92 Å². The third-order valence-electron chi connectivity index (χ3n) is 2.65. The Hall–Kier alpha value is -1.35. The summed E-state index contributed by atoms with van der Waals surface area (Å²) in [6.07, 6.45) is 2.03. The maximum Gasteiger partial charge on any atom is 0.258 e. The van der Waals surface area contributed by atoms with E-state index in [1.54, 1.807) is 17.4 Å². The molecule has 0 saturated carbocycles. The van der Waals surface area contributed by atoms with Crippen molar-refractivity contribution in [2.75, 3.05) is 6.54 Å². The molecule has 0 saturated heterocycles. The van der Waals surface area contributed by atoms with Gasteiger partial charge in [-0.1, -0.05) is 6.07 Å². The number of aromatic nitrogens is 2. The van der Waals surface area contributed by atoms with E-state index >= 15 is 0 Å². The molecule has 2 aromatic heterocycles. The van der Waals surface area contributed by atoms with Crippen molar-refractivity contribution in [2.24, 2.45) is 5.73 Å². The minimum atomic E-state index is -3.57. The summed E-state index contributed by atoms with van der Waals surface area (Å²) in [5.74, 6) is 0. The predicted octanol–water partition coefficient (Wildman–Crippen LogP) is 0.826. The summed E-state index contributed by atoms with van der Waals surface area (Å²) in [5.41, 5.74) is 7.13. The van der Waals surface area contributed by atoms with Crippen LogP contribution >= 0.6 is 11.3 Å². The van der Waals surface area contributed by atoms with Crippen molar-refractivity contribution in [1.29, 1.82) is 0 Å². The molecule has 8 heteroatoms. The molecule has 0 aliphatic carbocycles. The molecule has 0 radical (unpaired) electrons. The van der Waals surface area contributed by atoms with E-state index in [4.69, 9.17) is 5.73 Å². The zero-order chi connectivity index (χ0) is 14.6. The average molecular weight is 312 g/mol. The van der Waals surface area contributed by atoms with Gasteiger partial charge in [0.1, 0.15) is 0 Å². The van der Waals surface area contributed by atoms with E-state index < -0.39 is 10.0 Å². The number of hydrogen-bond acceptors (Lipinski definition) is 6. The van der Waals surface area contributed by atoms with Crippen LogP contribution in [0.15, 0.2) is 28.7 Å². The maximum atomic E-state index is 12.0. The number of nitrogens with zero attached hydrogens (tertiary/aromatic N) is 2. The molecule has 108 valence electrons. The first-order valence-electron chi connectivity index (χ1n) is 6.07. The third-order valence-corrected chi connectivity index (χ3v) is 4.85. The highest BCUT2D eigenvalue weighted by atomic mass is 32.2. The van der Waals surface area contributed by atoms with Gasteiger partial charge >= 0.3 is 0 Å². The molecule has 20 heavy (non-hydrogen) atoms. The smallest absolute Gasteiger partial charge is 0.258 e. The zero-order valence-corrected chi connectivity index (χ0v) is 12.7. The summed E-state index contributed by atoms with van der Waals surface area (Å²) in [6.45, 7) is 2.55. The predicted molar refractivity (Wildman–Crippen MR) is 77.9 cm³/mol. The zero-order valence-electron chi connectivity index (χ0n) is 11.0. The molecule has 0 aliphatic heterocycles. The lowest BCUT2D eigenvalue weighted by atomic mass is 10.3. The largest absolute Gasteiger partial charge is 0.326 e. The quantitative estimate of drug-likeness (QED) is 0.823.